The van der Waals surface area contributed by atoms with E-state index in [-0.39, 0.29) is 24.1 Å². The number of benzene rings is 1. The molecule has 2 aliphatic rings. The number of pyridine rings is 1. The third kappa shape index (κ3) is 4.52. The number of carbonyl (C=O) groups is 2. The van der Waals surface area contributed by atoms with E-state index in [4.69, 9.17) is 9.47 Å². The molecule has 0 aliphatic carbocycles. The van der Waals surface area contributed by atoms with Crippen molar-refractivity contribution < 1.29 is 23.5 Å². The van der Waals surface area contributed by atoms with Gasteiger partial charge in [0.15, 0.2) is 0 Å². The number of rotatable bonds is 4. The van der Waals surface area contributed by atoms with Gasteiger partial charge in [-0.05, 0) is 41.8 Å². The highest BCUT2D eigenvalue weighted by molar-refractivity contribution is 5.96. The van der Waals surface area contributed by atoms with Gasteiger partial charge in [0, 0.05) is 38.4 Å². The molecule has 0 bridgehead atoms. The Morgan fingerprint density at radius 1 is 1.23 bits per heavy atom. The van der Waals surface area contributed by atoms with Crippen molar-refractivity contribution in [1.82, 2.24) is 14.8 Å². The van der Waals surface area contributed by atoms with Gasteiger partial charge in [-0.25, -0.2) is 4.39 Å². The van der Waals surface area contributed by atoms with E-state index in [9.17, 15) is 18.8 Å². The number of ether oxygens (including phenoxy) is 2. The van der Waals surface area contributed by atoms with Crippen LogP contribution in [0.1, 0.15) is 28.4 Å². The average molecular weight is 429 g/mol. The fraction of sp³-hybridized carbons (Fsp3) is 0.409. The maximum Gasteiger partial charge on any atom is 0.268 e. The lowest BCUT2D eigenvalue weighted by molar-refractivity contribution is -0.129. The minimum atomic E-state index is -0.497. The SMILES string of the molecule is CC(=O)N1CCc2c(cn(-c3ccc(F)cc3)c(=O)c2C(=O)NCC2COCCO2)C1. The minimum absolute atomic E-state index is 0.0433. The largest absolute Gasteiger partial charge is 0.376 e. The lowest BCUT2D eigenvalue weighted by Crippen LogP contribution is -2.43. The number of amides is 2. The Morgan fingerprint density at radius 2 is 2.00 bits per heavy atom. The van der Waals surface area contributed by atoms with Crippen molar-refractivity contribution in [1.29, 1.82) is 0 Å². The van der Waals surface area contributed by atoms with E-state index < -0.39 is 17.3 Å². The second-order valence-corrected chi connectivity index (χ2v) is 7.63. The molecule has 0 spiro atoms. The fourth-order valence-electron chi connectivity index (χ4n) is 3.90. The van der Waals surface area contributed by atoms with Crippen LogP contribution in [-0.4, -0.2) is 60.3 Å². The van der Waals surface area contributed by atoms with Crippen LogP contribution in [0.25, 0.3) is 5.69 Å². The third-order valence-electron chi connectivity index (χ3n) is 5.55. The van der Waals surface area contributed by atoms with Crippen molar-refractivity contribution in [2.45, 2.75) is 26.0 Å². The van der Waals surface area contributed by atoms with Gasteiger partial charge in [-0.2, -0.15) is 0 Å². The summed E-state index contributed by atoms with van der Waals surface area (Å²) in [7, 11) is 0. The molecule has 0 saturated carbocycles. The van der Waals surface area contributed by atoms with Crippen LogP contribution in [0.15, 0.2) is 35.3 Å². The van der Waals surface area contributed by atoms with Gasteiger partial charge in [-0.1, -0.05) is 0 Å². The summed E-state index contributed by atoms with van der Waals surface area (Å²) in [4.78, 5) is 39.9. The normalized spacial score (nSPS) is 18.4. The van der Waals surface area contributed by atoms with E-state index in [1.165, 1.54) is 35.8 Å². The molecule has 1 saturated heterocycles. The first-order valence-corrected chi connectivity index (χ1v) is 10.2. The summed E-state index contributed by atoms with van der Waals surface area (Å²) in [6.45, 7) is 3.79. The molecule has 1 fully saturated rings. The summed E-state index contributed by atoms with van der Waals surface area (Å²) >= 11 is 0. The number of hydrogen-bond acceptors (Lipinski definition) is 5. The smallest absolute Gasteiger partial charge is 0.268 e. The first-order valence-electron chi connectivity index (χ1n) is 10.2. The van der Waals surface area contributed by atoms with E-state index >= 15 is 0 Å². The molecule has 0 radical (unpaired) electrons. The molecule has 3 heterocycles. The Hall–Kier alpha value is -3.04. The highest BCUT2D eigenvalue weighted by atomic mass is 19.1. The zero-order valence-electron chi connectivity index (χ0n) is 17.2. The second-order valence-electron chi connectivity index (χ2n) is 7.63. The van der Waals surface area contributed by atoms with E-state index in [0.29, 0.717) is 56.1 Å². The van der Waals surface area contributed by atoms with Crippen LogP contribution in [0.2, 0.25) is 0 Å². The van der Waals surface area contributed by atoms with Gasteiger partial charge >= 0.3 is 0 Å². The number of carbonyl (C=O) groups excluding carboxylic acids is 2. The lowest BCUT2D eigenvalue weighted by Gasteiger charge is -2.30. The molecule has 1 unspecified atom stereocenters. The highest BCUT2D eigenvalue weighted by Gasteiger charge is 2.28. The van der Waals surface area contributed by atoms with E-state index in [1.54, 1.807) is 11.1 Å². The molecule has 9 heteroatoms. The monoisotopic (exact) mass is 429 g/mol. The molecule has 164 valence electrons. The van der Waals surface area contributed by atoms with Crippen molar-refractivity contribution in [2.75, 3.05) is 32.9 Å². The topological polar surface area (TPSA) is 89.9 Å². The summed E-state index contributed by atoms with van der Waals surface area (Å²) in [5, 5.41) is 2.78. The molecule has 1 aromatic heterocycles. The average Bonchev–Trinajstić information content (AvgIpc) is 2.78. The number of halogens is 1. The Bertz CT molecular complexity index is 1040. The number of nitrogens with one attached hydrogen (secondary N) is 1. The molecule has 2 aromatic rings. The van der Waals surface area contributed by atoms with Crippen LogP contribution in [0.3, 0.4) is 0 Å². The van der Waals surface area contributed by atoms with Gasteiger partial charge in [-0.15, -0.1) is 0 Å². The number of hydrogen-bond donors (Lipinski definition) is 1. The summed E-state index contributed by atoms with van der Waals surface area (Å²) in [5.74, 6) is -1.00. The standard InChI is InChI=1S/C22H24FN3O5/c1-14(27)25-7-6-19-15(11-25)12-26(17-4-2-16(23)3-5-17)22(29)20(19)21(28)24-10-18-13-30-8-9-31-18/h2-5,12,18H,6-11,13H2,1H3,(H,24,28). The Kier molecular flexibility index (Phi) is 6.15. The molecule has 2 amide bonds. The quantitative estimate of drug-likeness (QED) is 0.784. The molecular formula is C22H24FN3O5. The molecule has 1 N–H and O–H groups in total. The van der Waals surface area contributed by atoms with Crippen molar-refractivity contribution in [3.8, 4) is 5.69 Å². The Morgan fingerprint density at radius 3 is 2.68 bits per heavy atom. The van der Waals surface area contributed by atoms with Crippen molar-refractivity contribution in [3.63, 3.8) is 0 Å². The van der Waals surface area contributed by atoms with Crippen molar-refractivity contribution >= 4 is 11.8 Å². The van der Waals surface area contributed by atoms with Gasteiger partial charge in [-0.3, -0.25) is 19.0 Å². The molecule has 1 atom stereocenters. The van der Waals surface area contributed by atoms with E-state index in [2.05, 4.69) is 5.32 Å². The molecule has 1 aromatic carbocycles. The maximum absolute atomic E-state index is 13.4. The zero-order chi connectivity index (χ0) is 22.0. The third-order valence-corrected chi connectivity index (χ3v) is 5.55. The van der Waals surface area contributed by atoms with Crippen LogP contribution in [0.4, 0.5) is 4.39 Å². The Balaban J connectivity index is 1.71. The van der Waals surface area contributed by atoms with Gasteiger partial charge in [0.1, 0.15) is 11.4 Å². The van der Waals surface area contributed by atoms with Crippen LogP contribution in [0, 0.1) is 5.82 Å². The van der Waals surface area contributed by atoms with E-state index in [0.717, 1.165) is 0 Å². The zero-order valence-corrected chi connectivity index (χ0v) is 17.2. The number of fused-ring (bicyclic) bond motifs is 1. The lowest BCUT2D eigenvalue weighted by atomic mass is 9.95. The predicted molar refractivity (Wildman–Crippen MR) is 110 cm³/mol. The van der Waals surface area contributed by atoms with Gasteiger partial charge < -0.3 is 19.7 Å². The summed E-state index contributed by atoms with van der Waals surface area (Å²) in [6.07, 6.45) is 1.76. The van der Waals surface area contributed by atoms with Crippen LogP contribution in [0.5, 0.6) is 0 Å². The molecule has 4 rings (SSSR count). The minimum Gasteiger partial charge on any atom is -0.376 e. The fourth-order valence-corrected chi connectivity index (χ4v) is 3.90. The molecular weight excluding hydrogens is 405 g/mol. The number of nitrogens with zero attached hydrogens (tertiary/aromatic N) is 2. The number of aromatic nitrogens is 1. The summed E-state index contributed by atoms with van der Waals surface area (Å²) in [5.41, 5.74) is 1.35. The van der Waals surface area contributed by atoms with Gasteiger partial charge in [0.25, 0.3) is 11.5 Å². The first kappa shape index (κ1) is 21.2. The highest BCUT2D eigenvalue weighted by Crippen LogP contribution is 2.22. The van der Waals surface area contributed by atoms with Crippen molar-refractivity contribution in [3.05, 3.63) is 63.3 Å². The van der Waals surface area contributed by atoms with Crippen LogP contribution < -0.4 is 10.9 Å². The molecule has 2 aliphatic heterocycles. The molecule has 8 nitrogen and oxygen atoms in total. The molecule has 31 heavy (non-hydrogen) atoms. The first-order chi connectivity index (χ1) is 14.9. The maximum atomic E-state index is 13.4. The van der Waals surface area contributed by atoms with Crippen LogP contribution in [-0.2, 0) is 27.2 Å². The summed E-state index contributed by atoms with van der Waals surface area (Å²) in [6, 6.07) is 5.46. The van der Waals surface area contributed by atoms with Gasteiger partial charge in [0.2, 0.25) is 5.91 Å². The van der Waals surface area contributed by atoms with Gasteiger partial charge in [0.05, 0.1) is 25.9 Å². The Labute approximate surface area is 178 Å². The predicted octanol–water partition coefficient (Wildman–Crippen LogP) is 1.03. The second kappa shape index (κ2) is 8.99. The summed E-state index contributed by atoms with van der Waals surface area (Å²) < 4.78 is 25.6. The van der Waals surface area contributed by atoms with Crippen molar-refractivity contribution in [2.24, 2.45) is 0 Å². The van der Waals surface area contributed by atoms with E-state index in [1.807, 2.05) is 0 Å². The van der Waals surface area contributed by atoms with Crippen LogP contribution >= 0.6 is 0 Å².